The molecule has 0 aliphatic heterocycles. The van der Waals surface area contributed by atoms with Crippen molar-refractivity contribution >= 4 is 11.4 Å². The fourth-order valence-electron chi connectivity index (χ4n) is 1.20. The Morgan fingerprint density at radius 2 is 2.18 bits per heavy atom. The number of anilines is 1. The van der Waals surface area contributed by atoms with Gasteiger partial charge in [-0.3, -0.25) is 10.1 Å². The lowest BCUT2D eigenvalue weighted by Crippen LogP contribution is -2.16. The van der Waals surface area contributed by atoms with Gasteiger partial charge < -0.3 is 10.4 Å². The molecule has 7 heteroatoms. The van der Waals surface area contributed by atoms with Crippen molar-refractivity contribution in [2.24, 2.45) is 5.92 Å². The van der Waals surface area contributed by atoms with E-state index in [1.807, 2.05) is 0 Å². The van der Waals surface area contributed by atoms with Crippen LogP contribution in [0.5, 0.6) is 0 Å². The van der Waals surface area contributed by atoms with Crippen molar-refractivity contribution in [2.75, 3.05) is 18.5 Å². The Balaban J connectivity index is 3.02. The Morgan fingerprint density at radius 1 is 1.53 bits per heavy atom. The zero-order valence-electron chi connectivity index (χ0n) is 9.11. The number of nitrogens with one attached hydrogen (secondary N) is 1. The topological polar surface area (TPSA) is 75.4 Å². The van der Waals surface area contributed by atoms with Crippen LogP contribution in [0.3, 0.4) is 0 Å². The average molecular weight is 246 g/mol. The zero-order valence-corrected chi connectivity index (χ0v) is 9.11. The van der Waals surface area contributed by atoms with E-state index in [-0.39, 0.29) is 19.1 Å². The molecule has 0 spiro atoms. The van der Waals surface area contributed by atoms with Gasteiger partial charge in [-0.2, -0.15) is 0 Å². The molecule has 0 heterocycles. The minimum absolute atomic E-state index is 0.109. The standard InChI is InChI=1S/C10H12F2N2O3/c1-6(5-15)4-13-10-8(14(16)17)3-2-7(11)9(10)12/h2-3,6,13,15H,4-5H2,1H3. The van der Waals surface area contributed by atoms with Gasteiger partial charge in [0.2, 0.25) is 0 Å². The maximum atomic E-state index is 13.4. The summed E-state index contributed by atoms with van der Waals surface area (Å²) in [6.45, 7) is 1.62. The fourth-order valence-corrected chi connectivity index (χ4v) is 1.20. The third-order valence-electron chi connectivity index (χ3n) is 2.21. The zero-order chi connectivity index (χ0) is 13.0. The van der Waals surface area contributed by atoms with Crippen molar-refractivity contribution in [1.29, 1.82) is 0 Å². The maximum Gasteiger partial charge on any atom is 0.295 e. The van der Waals surface area contributed by atoms with Crippen molar-refractivity contribution in [3.05, 3.63) is 33.9 Å². The number of nitro benzene ring substituents is 1. The molecule has 1 aromatic rings. The van der Waals surface area contributed by atoms with Crippen LogP contribution in [0.15, 0.2) is 12.1 Å². The summed E-state index contributed by atoms with van der Waals surface area (Å²) in [5.41, 5.74) is -1.02. The largest absolute Gasteiger partial charge is 0.396 e. The highest BCUT2D eigenvalue weighted by Gasteiger charge is 2.21. The minimum Gasteiger partial charge on any atom is -0.396 e. The smallest absolute Gasteiger partial charge is 0.295 e. The molecule has 0 bridgehead atoms. The van der Waals surface area contributed by atoms with Gasteiger partial charge in [-0.25, -0.2) is 8.78 Å². The summed E-state index contributed by atoms with van der Waals surface area (Å²) in [7, 11) is 0. The summed E-state index contributed by atoms with van der Waals surface area (Å²) < 4.78 is 26.3. The monoisotopic (exact) mass is 246 g/mol. The Bertz CT molecular complexity index is 426. The van der Waals surface area contributed by atoms with Crippen LogP contribution in [0.1, 0.15) is 6.92 Å². The first-order chi connectivity index (χ1) is 7.97. The van der Waals surface area contributed by atoms with Crippen LogP contribution in [0.25, 0.3) is 0 Å². The van der Waals surface area contributed by atoms with E-state index in [1.165, 1.54) is 0 Å². The lowest BCUT2D eigenvalue weighted by molar-refractivity contribution is -0.384. The number of aliphatic hydroxyl groups is 1. The SMILES string of the molecule is CC(CO)CNc1c([N+](=O)[O-])ccc(F)c1F. The van der Waals surface area contributed by atoms with Crippen LogP contribution in [0.2, 0.25) is 0 Å². The van der Waals surface area contributed by atoms with Crippen molar-refractivity contribution in [3.8, 4) is 0 Å². The molecular formula is C10H12F2N2O3. The number of nitrogens with zero attached hydrogens (tertiary/aromatic N) is 1. The Kier molecular flexibility index (Phi) is 4.33. The molecule has 17 heavy (non-hydrogen) atoms. The van der Waals surface area contributed by atoms with Gasteiger partial charge >= 0.3 is 0 Å². The molecule has 2 N–H and O–H groups in total. The van der Waals surface area contributed by atoms with Gasteiger partial charge in [-0.15, -0.1) is 0 Å². The second-order valence-corrected chi connectivity index (χ2v) is 3.68. The average Bonchev–Trinajstić information content (AvgIpc) is 2.30. The van der Waals surface area contributed by atoms with E-state index in [9.17, 15) is 18.9 Å². The highest BCUT2D eigenvalue weighted by molar-refractivity contribution is 5.62. The summed E-state index contributed by atoms with van der Waals surface area (Å²) >= 11 is 0. The minimum atomic E-state index is -1.29. The second kappa shape index (κ2) is 5.53. The molecule has 0 saturated carbocycles. The molecule has 1 atom stereocenters. The Labute approximate surface area is 96.2 Å². The van der Waals surface area contributed by atoms with Gasteiger partial charge in [-0.1, -0.05) is 6.92 Å². The molecule has 0 radical (unpaired) electrons. The molecule has 0 saturated heterocycles. The van der Waals surface area contributed by atoms with E-state index in [1.54, 1.807) is 6.92 Å². The van der Waals surface area contributed by atoms with Crippen LogP contribution in [0, 0.1) is 27.7 Å². The van der Waals surface area contributed by atoms with E-state index < -0.39 is 27.9 Å². The van der Waals surface area contributed by atoms with E-state index in [2.05, 4.69) is 5.32 Å². The molecule has 1 unspecified atom stereocenters. The van der Waals surface area contributed by atoms with Crippen LogP contribution < -0.4 is 5.32 Å². The third kappa shape index (κ3) is 3.10. The number of nitro groups is 1. The van der Waals surface area contributed by atoms with Crippen LogP contribution in [0.4, 0.5) is 20.2 Å². The highest BCUT2D eigenvalue weighted by atomic mass is 19.2. The molecule has 0 aromatic heterocycles. The quantitative estimate of drug-likeness (QED) is 0.614. The van der Waals surface area contributed by atoms with E-state index >= 15 is 0 Å². The molecule has 94 valence electrons. The predicted molar refractivity (Wildman–Crippen MR) is 57.8 cm³/mol. The molecule has 1 aromatic carbocycles. The van der Waals surface area contributed by atoms with Crippen LogP contribution >= 0.6 is 0 Å². The first kappa shape index (κ1) is 13.3. The predicted octanol–water partition coefficient (Wildman–Crippen LogP) is 1.91. The first-order valence-electron chi connectivity index (χ1n) is 4.94. The maximum absolute atomic E-state index is 13.4. The van der Waals surface area contributed by atoms with E-state index in [4.69, 9.17) is 5.11 Å². The Morgan fingerprint density at radius 3 is 2.71 bits per heavy atom. The molecule has 0 fully saturated rings. The molecule has 1 rings (SSSR count). The Hall–Kier alpha value is -1.76. The summed E-state index contributed by atoms with van der Waals surface area (Å²) in [5, 5.41) is 21.8. The highest BCUT2D eigenvalue weighted by Crippen LogP contribution is 2.29. The summed E-state index contributed by atoms with van der Waals surface area (Å²) in [4.78, 5) is 9.83. The van der Waals surface area contributed by atoms with Crippen LogP contribution in [-0.4, -0.2) is 23.2 Å². The lowest BCUT2D eigenvalue weighted by Gasteiger charge is -2.11. The molecular weight excluding hydrogens is 234 g/mol. The molecule has 0 amide bonds. The molecule has 5 nitrogen and oxygen atoms in total. The van der Waals surface area contributed by atoms with Crippen molar-refractivity contribution in [2.45, 2.75) is 6.92 Å². The number of benzene rings is 1. The normalized spacial score (nSPS) is 12.2. The van der Waals surface area contributed by atoms with Crippen molar-refractivity contribution < 1.29 is 18.8 Å². The number of aliphatic hydroxyl groups excluding tert-OH is 1. The number of halogens is 2. The van der Waals surface area contributed by atoms with Gasteiger partial charge in [0, 0.05) is 19.2 Å². The van der Waals surface area contributed by atoms with E-state index in [0.717, 1.165) is 6.07 Å². The molecule has 0 aliphatic carbocycles. The fraction of sp³-hybridized carbons (Fsp3) is 0.400. The number of rotatable bonds is 5. The van der Waals surface area contributed by atoms with Gasteiger partial charge in [0.15, 0.2) is 17.3 Å². The molecule has 0 aliphatic rings. The number of hydrogen-bond donors (Lipinski definition) is 2. The summed E-state index contributed by atoms with van der Waals surface area (Å²) in [5.74, 6) is -2.67. The second-order valence-electron chi connectivity index (χ2n) is 3.68. The summed E-state index contributed by atoms with van der Waals surface area (Å²) in [6, 6.07) is 1.60. The van der Waals surface area contributed by atoms with Gasteiger partial charge in [-0.05, 0) is 12.0 Å². The number of hydrogen-bond acceptors (Lipinski definition) is 4. The first-order valence-corrected chi connectivity index (χ1v) is 4.94. The van der Waals surface area contributed by atoms with E-state index in [0.29, 0.717) is 6.07 Å². The van der Waals surface area contributed by atoms with Gasteiger partial charge in [0.05, 0.1) is 4.92 Å². The third-order valence-corrected chi connectivity index (χ3v) is 2.21. The van der Waals surface area contributed by atoms with Crippen molar-refractivity contribution in [3.63, 3.8) is 0 Å². The van der Waals surface area contributed by atoms with Crippen molar-refractivity contribution in [1.82, 2.24) is 0 Å². The van der Waals surface area contributed by atoms with Gasteiger partial charge in [0.25, 0.3) is 5.69 Å². The van der Waals surface area contributed by atoms with Crippen LogP contribution in [-0.2, 0) is 0 Å². The lowest BCUT2D eigenvalue weighted by atomic mass is 10.2. The summed E-state index contributed by atoms with van der Waals surface area (Å²) in [6.07, 6.45) is 0. The van der Waals surface area contributed by atoms with Gasteiger partial charge in [0.1, 0.15) is 0 Å².